The van der Waals surface area contributed by atoms with Crippen molar-refractivity contribution in [2.75, 3.05) is 0 Å². The summed E-state index contributed by atoms with van der Waals surface area (Å²) in [5.74, 6) is 6.91. The Balaban J connectivity index is 0.923. The third kappa shape index (κ3) is 4.21. The molecule has 59 heavy (non-hydrogen) atoms. The Morgan fingerprint density at radius 2 is 1.15 bits per heavy atom. The first kappa shape index (κ1) is 32.6. The number of hydrogen-bond acceptors (Lipinski definition) is 4. The van der Waals surface area contributed by atoms with Crippen LogP contribution in [0.15, 0.2) is 158 Å². The molecule has 1 aromatic heterocycles. The van der Waals surface area contributed by atoms with Crippen LogP contribution in [0.5, 0.6) is 11.5 Å². The summed E-state index contributed by atoms with van der Waals surface area (Å²) in [5.41, 5.74) is 11.9. The molecule has 0 N–H and O–H groups in total. The summed E-state index contributed by atoms with van der Waals surface area (Å²) < 4.78 is 6.88. The maximum absolute atomic E-state index is 6.88. The highest BCUT2D eigenvalue weighted by atomic mass is 16.5. The van der Waals surface area contributed by atoms with Crippen LogP contribution >= 0.6 is 0 Å². The zero-order valence-corrected chi connectivity index (χ0v) is 32.7. The molecule has 5 aliphatic carbocycles. The third-order valence-corrected chi connectivity index (χ3v) is 15.9. The summed E-state index contributed by atoms with van der Waals surface area (Å²) in [7, 11) is 0. The van der Waals surface area contributed by atoms with Crippen molar-refractivity contribution in [3.8, 4) is 56.5 Å². The number of nitrogens with zero attached hydrogens (tertiary/aromatic N) is 3. The van der Waals surface area contributed by atoms with E-state index in [1.807, 2.05) is 0 Å². The highest BCUT2D eigenvalue weighted by Crippen LogP contribution is 2.78. The predicted octanol–water partition coefficient (Wildman–Crippen LogP) is 13.0. The summed E-state index contributed by atoms with van der Waals surface area (Å²) in [6, 6.07) is 57.2. The van der Waals surface area contributed by atoms with Gasteiger partial charge in [0.15, 0.2) is 11.6 Å². The molecule has 7 aromatic carbocycles. The second-order valence-corrected chi connectivity index (χ2v) is 18.6. The number of hydrogen-bond donors (Lipinski definition) is 0. The molecule has 14 rings (SSSR count). The zero-order chi connectivity index (χ0) is 38.5. The van der Waals surface area contributed by atoms with Crippen molar-refractivity contribution in [2.24, 2.45) is 23.2 Å². The van der Waals surface area contributed by atoms with Crippen LogP contribution in [0.3, 0.4) is 0 Å². The number of para-hydroxylation sites is 1. The summed E-state index contributed by atoms with van der Waals surface area (Å²) in [6.07, 6.45) is 7.94. The molecule has 4 fully saturated rings. The van der Waals surface area contributed by atoms with Crippen LogP contribution in [0.4, 0.5) is 0 Å². The summed E-state index contributed by atoms with van der Waals surface area (Å²) in [5, 5.41) is 2.38. The molecule has 0 saturated heterocycles. The lowest BCUT2D eigenvalue weighted by atomic mass is 9.55. The van der Waals surface area contributed by atoms with Gasteiger partial charge in [0.05, 0.1) is 5.41 Å². The van der Waals surface area contributed by atoms with E-state index in [1.54, 1.807) is 0 Å². The van der Waals surface area contributed by atoms with E-state index in [9.17, 15) is 0 Å². The van der Waals surface area contributed by atoms with E-state index in [1.165, 1.54) is 82.7 Å². The molecule has 4 nitrogen and oxygen atoms in total. The Hall–Kier alpha value is -6.39. The highest BCUT2D eigenvalue weighted by Gasteiger charge is 2.71. The lowest BCUT2D eigenvalue weighted by Gasteiger charge is -2.49. The molecule has 0 radical (unpaired) electrons. The van der Waals surface area contributed by atoms with E-state index in [4.69, 9.17) is 19.7 Å². The van der Waals surface area contributed by atoms with Crippen LogP contribution in [0.25, 0.3) is 55.8 Å². The fourth-order valence-corrected chi connectivity index (χ4v) is 13.8. The number of aromatic nitrogens is 3. The molecule has 5 atom stereocenters. The van der Waals surface area contributed by atoms with E-state index in [-0.39, 0.29) is 5.41 Å². The van der Waals surface area contributed by atoms with Gasteiger partial charge in [0.2, 0.25) is 0 Å². The fraction of sp³-hybridized carbons (Fsp3) is 0.218. The van der Waals surface area contributed by atoms with Crippen molar-refractivity contribution < 1.29 is 4.74 Å². The van der Waals surface area contributed by atoms with Gasteiger partial charge in [-0.1, -0.05) is 140 Å². The van der Waals surface area contributed by atoms with Gasteiger partial charge in [-0.05, 0) is 124 Å². The Kier molecular flexibility index (Phi) is 6.30. The first-order valence-corrected chi connectivity index (χ1v) is 21.6. The predicted molar refractivity (Wildman–Crippen MR) is 233 cm³/mol. The van der Waals surface area contributed by atoms with Gasteiger partial charge in [-0.2, -0.15) is 0 Å². The van der Waals surface area contributed by atoms with E-state index in [0.717, 1.165) is 69.0 Å². The SMILES string of the molecule is c1cc(-c2ccc3c(c2)Oc2ccccc2C32c3ccccc3-c3ccccc32)cc(-c2nc(-c3cccc4ccccc34)nc(C34CC5C[C@@H]6C[C@@H](C3)C[C@@]56C4)n2)c1. The second-order valence-electron chi connectivity index (χ2n) is 18.6. The van der Waals surface area contributed by atoms with Gasteiger partial charge in [-0.15, -0.1) is 0 Å². The number of benzene rings is 7. The van der Waals surface area contributed by atoms with Gasteiger partial charge in [-0.3, -0.25) is 0 Å². The van der Waals surface area contributed by atoms with Crippen molar-refractivity contribution in [1.82, 2.24) is 15.0 Å². The van der Waals surface area contributed by atoms with Gasteiger partial charge in [-0.25, -0.2) is 15.0 Å². The van der Waals surface area contributed by atoms with Crippen molar-refractivity contribution in [2.45, 2.75) is 49.4 Å². The normalized spacial score (nSPS) is 25.5. The van der Waals surface area contributed by atoms with Crippen LogP contribution in [-0.2, 0) is 10.8 Å². The first-order chi connectivity index (χ1) is 29.1. The minimum Gasteiger partial charge on any atom is -0.457 e. The second kappa shape index (κ2) is 11.4. The first-order valence-electron chi connectivity index (χ1n) is 21.6. The van der Waals surface area contributed by atoms with E-state index >= 15 is 0 Å². The van der Waals surface area contributed by atoms with Crippen molar-refractivity contribution >= 4 is 10.8 Å². The Labute approximate surface area is 344 Å². The Morgan fingerprint density at radius 1 is 0.475 bits per heavy atom. The van der Waals surface area contributed by atoms with Gasteiger partial charge in [0, 0.05) is 27.7 Å². The smallest absolute Gasteiger partial charge is 0.164 e. The molecule has 282 valence electrons. The molecular formula is C55H41N3O. The Morgan fingerprint density at radius 3 is 2.03 bits per heavy atom. The molecule has 3 bridgehead atoms. The third-order valence-electron chi connectivity index (χ3n) is 15.9. The summed E-state index contributed by atoms with van der Waals surface area (Å²) in [4.78, 5) is 16.4. The van der Waals surface area contributed by atoms with E-state index in [0.29, 0.717) is 5.41 Å². The molecule has 4 heteroatoms. The minimum absolute atomic E-state index is 0.0347. The lowest BCUT2D eigenvalue weighted by molar-refractivity contribution is -0.000324. The van der Waals surface area contributed by atoms with Crippen LogP contribution < -0.4 is 4.74 Å². The standard InChI is InChI=1S/C55H41N3O/c1-2-15-40-34(11-1)12-10-18-43(40)51-56-50(57-52(58-51)53-29-33-25-38-28-39(31-53)54(38,30-33)32-53)37-14-9-13-35(26-37)36-23-24-47-49(27-36)59-48-22-8-7-21-46(48)55(47)44-19-5-3-16-41(44)42-17-4-6-20-45(42)55/h1-24,26-27,33,38-39H,25,28-32H2/t33-,38-,39?,53?,54-/m0/s1. The zero-order valence-electron chi connectivity index (χ0n) is 32.7. The van der Waals surface area contributed by atoms with E-state index < -0.39 is 5.41 Å². The quantitative estimate of drug-likeness (QED) is 0.179. The van der Waals surface area contributed by atoms with Gasteiger partial charge < -0.3 is 4.74 Å². The minimum atomic E-state index is -0.478. The number of fused-ring (bicyclic) bond motifs is 12. The molecule has 6 aliphatic rings. The van der Waals surface area contributed by atoms with Crippen LogP contribution in [0.1, 0.15) is 66.6 Å². The highest BCUT2D eigenvalue weighted by molar-refractivity contribution is 5.95. The summed E-state index contributed by atoms with van der Waals surface area (Å²) >= 11 is 0. The van der Waals surface area contributed by atoms with Crippen LogP contribution in [-0.4, -0.2) is 15.0 Å². The molecule has 8 aromatic rings. The van der Waals surface area contributed by atoms with Gasteiger partial charge in [0.25, 0.3) is 0 Å². The number of rotatable bonds is 4. The van der Waals surface area contributed by atoms with Crippen LogP contribution in [0, 0.1) is 23.2 Å². The maximum Gasteiger partial charge on any atom is 0.164 e. The van der Waals surface area contributed by atoms with Gasteiger partial charge in [0.1, 0.15) is 17.3 Å². The molecular weight excluding hydrogens is 719 g/mol. The van der Waals surface area contributed by atoms with Crippen LogP contribution in [0.2, 0.25) is 0 Å². The lowest BCUT2D eigenvalue weighted by Crippen LogP contribution is -2.42. The largest absolute Gasteiger partial charge is 0.457 e. The molecule has 2 unspecified atom stereocenters. The van der Waals surface area contributed by atoms with E-state index in [2.05, 4.69) is 158 Å². The maximum atomic E-state index is 6.88. The monoisotopic (exact) mass is 759 g/mol. The fourth-order valence-electron chi connectivity index (χ4n) is 13.8. The van der Waals surface area contributed by atoms with Crippen molar-refractivity contribution in [1.29, 1.82) is 0 Å². The molecule has 1 aliphatic heterocycles. The molecule has 2 spiro atoms. The average molecular weight is 760 g/mol. The average Bonchev–Trinajstić information content (AvgIpc) is 3.77. The molecule has 2 heterocycles. The number of ether oxygens (including phenoxy) is 1. The van der Waals surface area contributed by atoms with Gasteiger partial charge >= 0.3 is 0 Å². The summed E-state index contributed by atoms with van der Waals surface area (Å²) in [6.45, 7) is 0. The Bertz CT molecular complexity index is 3060. The molecule has 0 amide bonds. The molecule has 4 saturated carbocycles. The van der Waals surface area contributed by atoms with Crippen molar-refractivity contribution in [3.05, 3.63) is 186 Å². The topological polar surface area (TPSA) is 47.9 Å². The van der Waals surface area contributed by atoms with Crippen molar-refractivity contribution in [3.63, 3.8) is 0 Å².